The number of nitrogens with zero attached hydrogens (tertiary/aromatic N) is 8. The van der Waals surface area contributed by atoms with E-state index in [0.29, 0.717) is 5.92 Å². The standard InChI is InChI=1S/C21H21ClN8OS/c1-14-11-23-21(22)26-18(14)29-9-7-15(8-10-29)19-25-17(12-32-19)20(30-13-24-27-28-30)31-16-5-3-2-4-6-16/h2-6,11-13,15,20H,7-10H2,1H3. The summed E-state index contributed by atoms with van der Waals surface area (Å²) in [5.74, 6) is 2.03. The van der Waals surface area contributed by atoms with Crippen LogP contribution in [0.5, 0.6) is 5.75 Å². The van der Waals surface area contributed by atoms with Crippen LogP contribution in [-0.2, 0) is 0 Å². The molecule has 1 fully saturated rings. The molecule has 1 saturated heterocycles. The fraction of sp³-hybridized carbons (Fsp3) is 0.333. The third-order valence-electron chi connectivity index (χ3n) is 5.45. The van der Waals surface area contributed by atoms with Crippen LogP contribution < -0.4 is 9.64 Å². The van der Waals surface area contributed by atoms with E-state index in [2.05, 4.69) is 30.4 Å². The van der Waals surface area contributed by atoms with E-state index in [1.165, 1.54) is 0 Å². The highest BCUT2D eigenvalue weighted by Gasteiger charge is 2.27. The number of rotatable bonds is 6. The maximum atomic E-state index is 6.17. The van der Waals surface area contributed by atoms with Crippen LogP contribution >= 0.6 is 22.9 Å². The second kappa shape index (κ2) is 9.17. The van der Waals surface area contributed by atoms with Crippen molar-refractivity contribution in [1.29, 1.82) is 0 Å². The van der Waals surface area contributed by atoms with Gasteiger partial charge in [0.1, 0.15) is 23.6 Å². The van der Waals surface area contributed by atoms with Gasteiger partial charge in [0, 0.05) is 36.1 Å². The van der Waals surface area contributed by atoms with Gasteiger partial charge >= 0.3 is 0 Å². The Morgan fingerprint density at radius 3 is 2.72 bits per heavy atom. The SMILES string of the molecule is Cc1cnc(Cl)nc1N1CCC(c2nc(C(Oc3ccccc3)n3cnnn3)cs2)CC1. The molecule has 0 bridgehead atoms. The Morgan fingerprint density at radius 1 is 1.16 bits per heavy atom. The first-order valence-electron chi connectivity index (χ1n) is 10.3. The van der Waals surface area contributed by atoms with Crippen molar-refractivity contribution in [1.82, 2.24) is 35.2 Å². The number of ether oxygens (including phenoxy) is 1. The summed E-state index contributed by atoms with van der Waals surface area (Å²) in [6.07, 6.45) is 4.77. The Morgan fingerprint density at radius 2 is 1.97 bits per heavy atom. The van der Waals surface area contributed by atoms with Gasteiger partial charge in [-0.05, 0) is 53.9 Å². The first-order chi connectivity index (χ1) is 15.7. The fourth-order valence-electron chi connectivity index (χ4n) is 3.83. The number of benzene rings is 1. The van der Waals surface area contributed by atoms with E-state index in [4.69, 9.17) is 21.3 Å². The largest absolute Gasteiger partial charge is 0.463 e. The smallest absolute Gasteiger partial charge is 0.238 e. The predicted molar refractivity (Wildman–Crippen MR) is 121 cm³/mol. The Kier molecular flexibility index (Phi) is 5.95. The molecule has 11 heteroatoms. The number of piperidine rings is 1. The molecule has 4 heterocycles. The molecule has 1 aliphatic heterocycles. The highest BCUT2D eigenvalue weighted by molar-refractivity contribution is 7.09. The average Bonchev–Trinajstić information content (AvgIpc) is 3.53. The molecule has 1 atom stereocenters. The summed E-state index contributed by atoms with van der Waals surface area (Å²) in [7, 11) is 0. The van der Waals surface area contributed by atoms with Crippen LogP contribution in [0.4, 0.5) is 5.82 Å². The molecule has 0 radical (unpaired) electrons. The molecule has 164 valence electrons. The van der Waals surface area contributed by atoms with E-state index in [1.807, 2.05) is 42.6 Å². The Bertz CT molecular complexity index is 1160. The topological polar surface area (TPSA) is 94.7 Å². The van der Waals surface area contributed by atoms with Gasteiger partial charge in [-0.3, -0.25) is 0 Å². The number of thiazole rings is 1. The Labute approximate surface area is 194 Å². The zero-order chi connectivity index (χ0) is 21.9. The highest BCUT2D eigenvalue weighted by atomic mass is 35.5. The van der Waals surface area contributed by atoms with E-state index >= 15 is 0 Å². The fourth-order valence-corrected chi connectivity index (χ4v) is 4.95. The zero-order valence-electron chi connectivity index (χ0n) is 17.4. The minimum atomic E-state index is -0.525. The van der Waals surface area contributed by atoms with E-state index < -0.39 is 6.23 Å². The maximum absolute atomic E-state index is 6.17. The monoisotopic (exact) mass is 468 g/mol. The molecule has 9 nitrogen and oxygen atoms in total. The summed E-state index contributed by atoms with van der Waals surface area (Å²) < 4.78 is 7.75. The van der Waals surface area contributed by atoms with Gasteiger partial charge in [-0.1, -0.05) is 18.2 Å². The summed E-state index contributed by atoms with van der Waals surface area (Å²) >= 11 is 7.66. The Hall–Kier alpha value is -3.11. The lowest BCUT2D eigenvalue weighted by atomic mass is 9.97. The van der Waals surface area contributed by atoms with Gasteiger partial charge < -0.3 is 9.64 Å². The van der Waals surface area contributed by atoms with Crippen molar-refractivity contribution in [2.24, 2.45) is 0 Å². The number of hydrogen-bond donors (Lipinski definition) is 0. The van der Waals surface area contributed by atoms with E-state index in [9.17, 15) is 0 Å². The number of anilines is 1. The molecule has 3 aromatic heterocycles. The summed E-state index contributed by atoms with van der Waals surface area (Å²) in [5.41, 5.74) is 1.83. The number of para-hydroxylation sites is 1. The van der Waals surface area contributed by atoms with E-state index in [-0.39, 0.29) is 5.28 Å². The molecule has 1 aromatic carbocycles. The number of halogens is 1. The van der Waals surface area contributed by atoms with Crippen molar-refractivity contribution >= 4 is 28.8 Å². The van der Waals surface area contributed by atoms with Crippen LogP contribution in [-0.4, -0.2) is 48.2 Å². The average molecular weight is 469 g/mol. The first-order valence-corrected chi connectivity index (χ1v) is 11.6. The van der Waals surface area contributed by atoms with Gasteiger partial charge in [-0.2, -0.15) is 4.68 Å². The summed E-state index contributed by atoms with van der Waals surface area (Å²) in [6, 6.07) is 9.62. The van der Waals surface area contributed by atoms with Gasteiger partial charge in [0.05, 0.1) is 5.01 Å². The van der Waals surface area contributed by atoms with Gasteiger partial charge in [0.2, 0.25) is 11.5 Å². The van der Waals surface area contributed by atoms with E-state index in [0.717, 1.165) is 53.8 Å². The van der Waals surface area contributed by atoms with Crippen molar-refractivity contribution in [2.45, 2.75) is 31.9 Å². The van der Waals surface area contributed by atoms with Crippen LogP contribution in [0.15, 0.2) is 48.2 Å². The molecule has 0 aliphatic carbocycles. The third-order valence-corrected chi connectivity index (χ3v) is 6.66. The maximum Gasteiger partial charge on any atom is 0.238 e. The zero-order valence-corrected chi connectivity index (χ0v) is 18.9. The van der Waals surface area contributed by atoms with Crippen LogP contribution in [0.25, 0.3) is 0 Å². The quantitative estimate of drug-likeness (QED) is 0.393. The lowest BCUT2D eigenvalue weighted by molar-refractivity contribution is 0.152. The van der Waals surface area contributed by atoms with Crippen LogP contribution in [0.3, 0.4) is 0 Å². The van der Waals surface area contributed by atoms with Gasteiger partial charge in [0.15, 0.2) is 0 Å². The molecule has 0 saturated carbocycles. The molecule has 0 N–H and O–H groups in total. The molecule has 32 heavy (non-hydrogen) atoms. The molecule has 0 amide bonds. The van der Waals surface area contributed by atoms with Crippen LogP contribution in [0, 0.1) is 6.92 Å². The minimum Gasteiger partial charge on any atom is -0.463 e. The molecule has 1 aliphatic rings. The second-order valence-corrected chi connectivity index (χ2v) is 8.82. The molecular formula is C21H21ClN8OS. The molecule has 1 unspecified atom stereocenters. The third kappa shape index (κ3) is 4.42. The van der Waals surface area contributed by atoms with Crippen LogP contribution in [0.1, 0.15) is 41.3 Å². The summed E-state index contributed by atoms with van der Waals surface area (Å²) in [6.45, 7) is 3.80. The minimum absolute atomic E-state index is 0.282. The summed E-state index contributed by atoms with van der Waals surface area (Å²) in [4.78, 5) is 15.7. The summed E-state index contributed by atoms with van der Waals surface area (Å²) in [5, 5.41) is 15.0. The van der Waals surface area contributed by atoms with Gasteiger partial charge in [-0.25, -0.2) is 15.0 Å². The Balaban J connectivity index is 1.31. The van der Waals surface area contributed by atoms with Crippen molar-refractivity contribution in [3.8, 4) is 5.75 Å². The molecule has 0 spiro atoms. The molecule has 4 aromatic rings. The second-order valence-electron chi connectivity index (χ2n) is 7.59. The van der Waals surface area contributed by atoms with Crippen molar-refractivity contribution in [2.75, 3.05) is 18.0 Å². The van der Waals surface area contributed by atoms with Crippen molar-refractivity contribution < 1.29 is 4.74 Å². The lowest BCUT2D eigenvalue weighted by Gasteiger charge is -2.32. The lowest BCUT2D eigenvalue weighted by Crippen LogP contribution is -2.34. The van der Waals surface area contributed by atoms with Gasteiger partial charge in [0.25, 0.3) is 0 Å². The predicted octanol–water partition coefficient (Wildman–Crippen LogP) is 3.89. The molecular weight excluding hydrogens is 448 g/mol. The molecule has 5 rings (SSSR count). The number of tetrazole rings is 1. The number of aromatic nitrogens is 7. The van der Waals surface area contributed by atoms with E-state index in [1.54, 1.807) is 28.5 Å². The highest BCUT2D eigenvalue weighted by Crippen LogP contribution is 2.34. The van der Waals surface area contributed by atoms with Crippen molar-refractivity contribution in [3.63, 3.8) is 0 Å². The van der Waals surface area contributed by atoms with Crippen molar-refractivity contribution in [3.05, 3.63) is 69.8 Å². The van der Waals surface area contributed by atoms with Gasteiger partial charge in [-0.15, -0.1) is 16.4 Å². The number of aryl methyl sites for hydroxylation is 1. The number of hydrogen-bond acceptors (Lipinski definition) is 9. The van der Waals surface area contributed by atoms with Crippen LogP contribution in [0.2, 0.25) is 5.28 Å². The first kappa shape index (κ1) is 20.8. The normalized spacial score (nSPS) is 15.6.